The van der Waals surface area contributed by atoms with Crippen LogP contribution in [0.3, 0.4) is 0 Å². The second-order valence-corrected chi connectivity index (χ2v) is 7.34. The number of halogens is 3. The van der Waals surface area contributed by atoms with E-state index in [0.29, 0.717) is 16.5 Å². The van der Waals surface area contributed by atoms with Gasteiger partial charge in [0.2, 0.25) is 5.91 Å². The zero-order valence-corrected chi connectivity index (χ0v) is 15.7. The second-order valence-electron chi connectivity index (χ2n) is 6.34. The highest BCUT2D eigenvalue weighted by Gasteiger charge is 2.33. The first-order chi connectivity index (χ1) is 12.6. The highest BCUT2D eigenvalue weighted by atomic mass is 32.1. The first kappa shape index (κ1) is 19.3. The highest BCUT2D eigenvalue weighted by Crippen LogP contribution is 2.36. The molecule has 0 aliphatic rings. The van der Waals surface area contributed by atoms with E-state index in [4.69, 9.17) is 0 Å². The lowest BCUT2D eigenvalue weighted by molar-refractivity contribution is -0.141. The average Bonchev–Trinajstić information content (AvgIpc) is 2.96. The van der Waals surface area contributed by atoms with Gasteiger partial charge in [-0.25, -0.2) is 9.97 Å². The number of alkyl halides is 3. The Morgan fingerprint density at radius 3 is 2.74 bits per heavy atom. The van der Waals surface area contributed by atoms with Gasteiger partial charge in [0.25, 0.3) is 5.56 Å². The molecule has 0 bridgehead atoms. The molecule has 0 spiro atoms. The maximum Gasteiger partial charge on any atom is 0.433 e. The highest BCUT2D eigenvalue weighted by molar-refractivity contribution is 7.25. The number of nitrogens with zero attached hydrogens (tertiary/aromatic N) is 3. The zero-order valence-electron chi connectivity index (χ0n) is 14.8. The lowest BCUT2D eigenvalue weighted by Crippen LogP contribution is -2.37. The summed E-state index contributed by atoms with van der Waals surface area (Å²) in [6.07, 6.45) is -2.58. The molecule has 0 saturated heterocycles. The number of fused-ring (bicyclic) bond motifs is 3. The number of thiophene rings is 1. The number of hydrogen-bond acceptors (Lipinski definition) is 5. The Kier molecular flexibility index (Phi) is 4.94. The molecule has 0 saturated carbocycles. The van der Waals surface area contributed by atoms with Crippen molar-refractivity contribution in [1.82, 2.24) is 19.9 Å². The fourth-order valence-electron chi connectivity index (χ4n) is 2.68. The van der Waals surface area contributed by atoms with Gasteiger partial charge in [-0.1, -0.05) is 6.92 Å². The standard InChI is InChI=1S/C17H17F3N4O2S/c1-4-9(3)22-11(25)6-24-7-21-13-12-8(2)5-10(17(18,19)20)23-15(12)27-14(13)16(24)26/h5,7,9H,4,6H2,1-3H3,(H,22,25)/t9-/m0/s1. The summed E-state index contributed by atoms with van der Waals surface area (Å²) in [5, 5.41) is 3.18. The van der Waals surface area contributed by atoms with Crippen LogP contribution in [-0.4, -0.2) is 26.5 Å². The van der Waals surface area contributed by atoms with Crippen molar-refractivity contribution in [2.45, 2.75) is 46.0 Å². The Hall–Kier alpha value is -2.49. The Labute approximate surface area is 156 Å². The Morgan fingerprint density at radius 1 is 1.41 bits per heavy atom. The fourth-order valence-corrected chi connectivity index (χ4v) is 3.83. The first-order valence-electron chi connectivity index (χ1n) is 8.27. The molecule has 1 amide bonds. The van der Waals surface area contributed by atoms with Gasteiger partial charge in [0.05, 0.1) is 11.8 Å². The normalized spacial score (nSPS) is 13.3. The van der Waals surface area contributed by atoms with E-state index in [9.17, 15) is 22.8 Å². The Bertz CT molecular complexity index is 1090. The topological polar surface area (TPSA) is 76.9 Å². The molecular weight excluding hydrogens is 381 g/mol. The van der Waals surface area contributed by atoms with Crippen molar-refractivity contribution >= 4 is 37.7 Å². The maximum absolute atomic E-state index is 13.0. The third-order valence-corrected chi connectivity index (χ3v) is 5.30. The summed E-state index contributed by atoms with van der Waals surface area (Å²) in [5.74, 6) is -0.331. The Morgan fingerprint density at radius 2 is 2.11 bits per heavy atom. The van der Waals surface area contributed by atoms with Crippen molar-refractivity contribution in [2.75, 3.05) is 0 Å². The van der Waals surface area contributed by atoms with Crippen molar-refractivity contribution in [2.24, 2.45) is 0 Å². The number of rotatable bonds is 4. The number of aryl methyl sites for hydroxylation is 1. The minimum atomic E-state index is -4.57. The number of amides is 1. The minimum absolute atomic E-state index is 0.0261. The third-order valence-electron chi connectivity index (χ3n) is 4.24. The molecule has 0 radical (unpaired) electrons. The number of aromatic nitrogens is 3. The maximum atomic E-state index is 13.0. The van der Waals surface area contributed by atoms with E-state index in [2.05, 4.69) is 15.3 Å². The van der Waals surface area contributed by atoms with Gasteiger partial charge in [0.15, 0.2) is 0 Å². The van der Waals surface area contributed by atoms with Gasteiger partial charge in [-0.2, -0.15) is 13.2 Å². The van der Waals surface area contributed by atoms with Gasteiger partial charge in [-0.05, 0) is 31.9 Å². The van der Waals surface area contributed by atoms with Crippen molar-refractivity contribution in [3.63, 3.8) is 0 Å². The summed E-state index contributed by atoms with van der Waals surface area (Å²) >= 11 is 0.854. The lowest BCUT2D eigenvalue weighted by Gasteiger charge is -2.12. The van der Waals surface area contributed by atoms with Crippen molar-refractivity contribution in [3.8, 4) is 0 Å². The van der Waals surface area contributed by atoms with Gasteiger partial charge in [-0.3, -0.25) is 14.2 Å². The van der Waals surface area contributed by atoms with E-state index in [-0.39, 0.29) is 28.0 Å². The molecule has 0 aliphatic heterocycles. The van der Waals surface area contributed by atoms with Crippen LogP contribution in [0.1, 0.15) is 31.5 Å². The van der Waals surface area contributed by atoms with Gasteiger partial charge in [0.1, 0.15) is 21.8 Å². The van der Waals surface area contributed by atoms with Crippen LogP contribution in [0, 0.1) is 6.92 Å². The zero-order chi connectivity index (χ0) is 19.9. The van der Waals surface area contributed by atoms with Crippen molar-refractivity contribution in [3.05, 3.63) is 34.0 Å². The van der Waals surface area contributed by atoms with Crippen LogP contribution in [0.5, 0.6) is 0 Å². The van der Waals surface area contributed by atoms with Crippen LogP contribution >= 0.6 is 11.3 Å². The van der Waals surface area contributed by atoms with Gasteiger partial charge < -0.3 is 5.32 Å². The molecular formula is C17H17F3N4O2S. The van der Waals surface area contributed by atoms with E-state index in [1.165, 1.54) is 13.3 Å². The molecule has 27 heavy (non-hydrogen) atoms. The minimum Gasteiger partial charge on any atom is -0.352 e. The molecule has 3 heterocycles. The van der Waals surface area contributed by atoms with Crippen LogP contribution < -0.4 is 10.9 Å². The molecule has 0 aromatic carbocycles. The van der Waals surface area contributed by atoms with E-state index >= 15 is 0 Å². The van der Waals surface area contributed by atoms with Crippen LogP contribution in [0.2, 0.25) is 0 Å². The largest absolute Gasteiger partial charge is 0.433 e. The van der Waals surface area contributed by atoms with Gasteiger partial charge in [0, 0.05) is 11.4 Å². The van der Waals surface area contributed by atoms with E-state index < -0.39 is 17.4 Å². The number of nitrogens with one attached hydrogen (secondary N) is 1. The van der Waals surface area contributed by atoms with Crippen LogP contribution in [-0.2, 0) is 17.5 Å². The fraction of sp³-hybridized carbons (Fsp3) is 0.412. The summed E-state index contributed by atoms with van der Waals surface area (Å²) < 4.78 is 40.3. The summed E-state index contributed by atoms with van der Waals surface area (Å²) in [6.45, 7) is 5.09. The number of hydrogen-bond donors (Lipinski definition) is 1. The van der Waals surface area contributed by atoms with E-state index in [1.807, 2.05) is 13.8 Å². The molecule has 1 N–H and O–H groups in total. The molecule has 0 aliphatic carbocycles. The molecule has 0 fully saturated rings. The average molecular weight is 398 g/mol. The summed E-state index contributed by atoms with van der Waals surface area (Å²) in [6, 6.07) is 0.920. The predicted octanol–water partition coefficient (Wildman–Crippen LogP) is 3.25. The van der Waals surface area contributed by atoms with Gasteiger partial charge >= 0.3 is 6.18 Å². The van der Waals surface area contributed by atoms with Crippen molar-refractivity contribution in [1.29, 1.82) is 0 Å². The van der Waals surface area contributed by atoms with Crippen molar-refractivity contribution < 1.29 is 18.0 Å². The molecule has 144 valence electrons. The van der Waals surface area contributed by atoms with Crippen LogP contribution in [0.15, 0.2) is 17.2 Å². The molecule has 10 heteroatoms. The predicted molar refractivity (Wildman–Crippen MR) is 96.8 cm³/mol. The third kappa shape index (κ3) is 3.66. The lowest BCUT2D eigenvalue weighted by atomic mass is 10.1. The SMILES string of the molecule is CC[C@H](C)NC(=O)Cn1cnc2c(sc3nc(C(F)(F)F)cc(C)c32)c1=O. The number of pyridine rings is 1. The molecule has 3 rings (SSSR count). The molecule has 3 aromatic rings. The van der Waals surface area contributed by atoms with E-state index in [1.54, 1.807) is 0 Å². The summed E-state index contributed by atoms with van der Waals surface area (Å²) in [4.78, 5) is 32.7. The van der Waals surface area contributed by atoms with Crippen LogP contribution in [0.25, 0.3) is 20.4 Å². The van der Waals surface area contributed by atoms with E-state index in [0.717, 1.165) is 28.4 Å². The first-order valence-corrected chi connectivity index (χ1v) is 9.09. The number of carbonyl (C=O) groups excluding carboxylic acids is 1. The van der Waals surface area contributed by atoms with Gasteiger partial charge in [-0.15, -0.1) is 11.3 Å². The molecule has 1 atom stereocenters. The molecule has 0 unspecified atom stereocenters. The quantitative estimate of drug-likeness (QED) is 0.732. The smallest absolute Gasteiger partial charge is 0.352 e. The molecule has 3 aromatic heterocycles. The Balaban J connectivity index is 2.08. The molecule has 6 nitrogen and oxygen atoms in total. The summed E-state index contributed by atoms with van der Waals surface area (Å²) in [7, 11) is 0. The second kappa shape index (κ2) is 6.91. The summed E-state index contributed by atoms with van der Waals surface area (Å²) in [5.41, 5.74) is -0.836. The van der Waals surface area contributed by atoms with Crippen LogP contribution in [0.4, 0.5) is 13.2 Å². The number of carbonyl (C=O) groups is 1. The monoisotopic (exact) mass is 398 g/mol.